The number of nitrogens with zero attached hydrogens (tertiary/aromatic N) is 1. The summed E-state index contributed by atoms with van der Waals surface area (Å²) in [5.41, 5.74) is 3.91. The van der Waals surface area contributed by atoms with Crippen molar-refractivity contribution in [3.05, 3.63) is 28.3 Å². The molecular weight excluding hydrogens is 332 g/mol. The molecule has 0 spiro atoms. The van der Waals surface area contributed by atoms with Crippen molar-refractivity contribution in [2.24, 2.45) is 11.8 Å². The van der Waals surface area contributed by atoms with Crippen LogP contribution in [0.25, 0.3) is 0 Å². The molecule has 0 aromatic heterocycles. The molecule has 2 aliphatic heterocycles. The highest BCUT2D eigenvalue weighted by molar-refractivity contribution is 7.89. The molecule has 23 heavy (non-hydrogen) atoms. The summed E-state index contributed by atoms with van der Waals surface area (Å²) >= 11 is 0. The van der Waals surface area contributed by atoms with Gasteiger partial charge in [-0.25, -0.2) is 8.42 Å². The van der Waals surface area contributed by atoms with Gasteiger partial charge >= 0.3 is 0 Å². The zero-order valence-corrected chi connectivity index (χ0v) is 16.0. The quantitative estimate of drug-likeness (QED) is 0.884. The first-order valence-corrected chi connectivity index (χ1v) is 9.54. The minimum absolute atomic E-state index is 0. The van der Waals surface area contributed by atoms with Gasteiger partial charge in [0, 0.05) is 13.1 Å². The molecule has 2 saturated heterocycles. The molecule has 1 N–H and O–H groups in total. The first-order valence-electron chi connectivity index (χ1n) is 8.10. The second kappa shape index (κ2) is 6.71. The van der Waals surface area contributed by atoms with Crippen LogP contribution in [0.1, 0.15) is 28.7 Å². The average Bonchev–Trinajstić information content (AvgIpc) is 2.92. The van der Waals surface area contributed by atoms with Crippen molar-refractivity contribution in [1.82, 2.24) is 9.62 Å². The molecule has 2 unspecified atom stereocenters. The molecular formula is C17H27ClN2O2S. The van der Waals surface area contributed by atoms with E-state index >= 15 is 0 Å². The summed E-state index contributed by atoms with van der Waals surface area (Å²) in [6.07, 6.45) is 0.972. The van der Waals surface area contributed by atoms with Crippen molar-refractivity contribution in [2.45, 2.75) is 39.0 Å². The third-order valence-electron chi connectivity index (χ3n) is 5.56. The lowest BCUT2D eigenvalue weighted by Gasteiger charge is -2.34. The van der Waals surface area contributed by atoms with Gasteiger partial charge in [-0.2, -0.15) is 4.31 Å². The molecule has 6 heteroatoms. The molecule has 4 nitrogen and oxygen atoms in total. The minimum Gasteiger partial charge on any atom is -0.316 e. The van der Waals surface area contributed by atoms with Gasteiger partial charge in [0.2, 0.25) is 10.0 Å². The summed E-state index contributed by atoms with van der Waals surface area (Å²) in [6, 6.07) is 2.08. The Morgan fingerprint density at radius 1 is 1.04 bits per heavy atom. The van der Waals surface area contributed by atoms with E-state index in [-0.39, 0.29) is 12.4 Å². The van der Waals surface area contributed by atoms with E-state index in [1.807, 2.05) is 27.7 Å². The fourth-order valence-corrected chi connectivity index (χ4v) is 6.00. The van der Waals surface area contributed by atoms with Crippen LogP contribution < -0.4 is 5.32 Å². The van der Waals surface area contributed by atoms with Crippen LogP contribution in [0.3, 0.4) is 0 Å². The lowest BCUT2D eigenvalue weighted by atomic mass is 9.90. The number of fused-ring (bicyclic) bond motifs is 1. The first-order chi connectivity index (χ1) is 10.3. The summed E-state index contributed by atoms with van der Waals surface area (Å²) < 4.78 is 28.2. The van der Waals surface area contributed by atoms with Gasteiger partial charge in [-0.1, -0.05) is 6.07 Å². The van der Waals surface area contributed by atoms with E-state index in [1.165, 1.54) is 0 Å². The topological polar surface area (TPSA) is 49.4 Å². The molecule has 2 heterocycles. The Balaban J connectivity index is 0.00000192. The van der Waals surface area contributed by atoms with Gasteiger partial charge in [-0.15, -0.1) is 12.4 Å². The number of halogens is 1. The maximum Gasteiger partial charge on any atom is 0.243 e. The number of aryl methyl sites for hydroxylation is 2. The number of piperidine rings is 1. The highest BCUT2D eigenvalue weighted by atomic mass is 35.5. The third kappa shape index (κ3) is 3.16. The van der Waals surface area contributed by atoms with Gasteiger partial charge in [0.05, 0.1) is 4.90 Å². The molecule has 2 aliphatic rings. The second-order valence-corrected chi connectivity index (χ2v) is 8.79. The zero-order chi connectivity index (χ0) is 16.1. The summed E-state index contributed by atoms with van der Waals surface area (Å²) in [7, 11) is -3.40. The Morgan fingerprint density at radius 2 is 1.61 bits per heavy atom. The zero-order valence-electron chi connectivity index (χ0n) is 14.3. The summed E-state index contributed by atoms with van der Waals surface area (Å²) in [6.45, 7) is 11.1. The van der Waals surface area contributed by atoms with Crippen molar-refractivity contribution in [3.63, 3.8) is 0 Å². The summed E-state index contributed by atoms with van der Waals surface area (Å²) in [5, 5.41) is 3.40. The van der Waals surface area contributed by atoms with Gasteiger partial charge in [-0.05, 0) is 81.3 Å². The van der Waals surface area contributed by atoms with Crippen LogP contribution in [0.5, 0.6) is 0 Å². The predicted molar refractivity (Wildman–Crippen MR) is 95.9 cm³/mol. The van der Waals surface area contributed by atoms with Crippen molar-refractivity contribution in [2.75, 3.05) is 26.2 Å². The smallest absolute Gasteiger partial charge is 0.243 e. The average molecular weight is 359 g/mol. The van der Waals surface area contributed by atoms with E-state index in [0.29, 0.717) is 29.8 Å². The van der Waals surface area contributed by atoms with E-state index in [1.54, 1.807) is 4.31 Å². The fraction of sp³-hybridized carbons (Fsp3) is 0.647. The molecule has 0 amide bonds. The number of benzene rings is 1. The van der Waals surface area contributed by atoms with Crippen molar-refractivity contribution in [3.8, 4) is 0 Å². The lowest BCUT2D eigenvalue weighted by molar-refractivity contribution is 0.227. The number of rotatable bonds is 2. The minimum atomic E-state index is -3.40. The Bertz CT molecular complexity index is 677. The van der Waals surface area contributed by atoms with Crippen LogP contribution in [0.15, 0.2) is 11.0 Å². The van der Waals surface area contributed by atoms with Gasteiger partial charge < -0.3 is 5.32 Å². The molecule has 0 saturated carbocycles. The number of hydrogen-bond donors (Lipinski definition) is 1. The number of sulfonamides is 1. The standard InChI is InChI=1S/C17H26N2O2S.ClH/c1-11-7-12(2)14(4)17(13(11)3)22(20,21)19-6-5-15-8-18-9-16(15)10-19;/h7,15-16,18H,5-6,8-10H2,1-4H3;1H. The maximum absolute atomic E-state index is 13.2. The molecule has 2 atom stereocenters. The highest BCUT2D eigenvalue weighted by Gasteiger charge is 2.38. The van der Waals surface area contributed by atoms with Crippen LogP contribution >= 0.6 is 12.4 Å². The van der Waals surface area contributed by atoms with E-state index in [4.69, 9.17) is 0 Å². The third-order valence-corrected chi connectivity index (χ3v) is 7.70. The van der Waals surface area contributed by atoms with Gasteiger partial charge in [0.1, 0.15) is 0 Å². The Labute approximate surface area is 146 Å². The van der Waals surface area contributed by atoms with Gasteiger partial charge in [0.15, 0.2) is 0 Å². The first kappa shape index (κ1) is 18.7. The highest BCUT2D eigenvalue weighted by Crippen LogP contribution is 2.33. The molecule has 1 aromatic rings. The second-order valence-electron chi connectivity index (χ2n) is 6.92. The van der Waals surface area contributed by atoms with Crippen molar-refractivity contribution in [1.29, 1.82) is 0 Å². The summed E-state index contributed by atoms with van der Waals surface area (Å²) in [4.78, 5) is 0.536. The molecule has 0 aliphatic carbocycles. The normalized spacial score (nSPS) is 25.0. The maximum atomic E-state index is 13.2. The van der Waals surface area contributed by atoms with E-state index in [2.05, 4.69) is 11.4 Å². The summed E-state index contributed by atoms with van der Waals surface area (Å²) in [5.74, 6) is 1.11. The monoisotopic (exact) mass is 358 g/mol. The van der Waals surface area contributed by atoms with E-state index in [0.717, 1.165) is 41.8 Å². The molecule has 0 radical (unpaired) electrons. The molecule has 0 bridgehead atoms. The number of nitrogens with one attached hydrogen (secondary N) is 1. The Morgan fingerprint density at radius 3 is 2.22 bits per heavy atom. The van der Waals surface area contributed by atoms with Crippen LogP contribution in [-0.2, 0) is 10.0 Å². The van der Waals surface area contributed by atoms with Crippen LogP contribution in [-0.4, -0.2) is 38.9 Å². The van der Waals surface area contributed by atoms with Crippen LogP contribution in [0, 0.1) is 39.5 Å². The molecule has 3 rings (SSSR count). The van der Waals surface area contributed by atoms with E-state index in [9.17, 15) is 8.42 Å². The number of hydrogen-bond acceptors (Lipinski definition) is 3. The van der Waals surface area contributed by atoms with Gasteiger partial charge in [-0.3, -0.25) is 0 Å². The molecule has 130 valence electrons. The largest absolute Gasteiger partial charge is 0.316 e. The predicted octanol–water partition coefficient (Wildman–Crippen LogP) is 2.57. The SMILES string of the molecule is Cc1cc(C)c(C)c(S(=O)(=O)N2CCC3CNCC3C2)c1C.Cl. The van der Waals surface area contributed by atoms with Crippen molar-refractivity contribution < 1.29 is 8.42 Å². The van der Waals surface area contributed by atoms with E-state index < -0.39 is 10.0 Å². The van der Waals surface area contributed by atoms with Crippen LogP contribution in [0.2, 0.25) is 0 Å². The Kier molecular flexibility index (Phi) is 5.46. The fourth-order valence-electron chi connectivity index (χ4n) is 3.92. The molecule has 1 aromatic carbocycles. The van der Waals surface area contributed by atoms with Crippen molar-refractivity contribution >= 4 is 22.4 Å². The van der Waals surface area contributed by atoms with Crippen LogP contribution in [0.4, 0.5) is 0 Å². The molecule has 2 fully saturated rings. The lowest BCUT2D eigenvalue weighted by Crippen LogP contribution is -2.43. The van der Waals surface area contributed by atoms with Gasteiger partial charge in [0.25, 0.3) is 0 Å². The Hall–Kier alpha value is -0.620.